The molecule has 1 rings (SSSR count). The molecule has 1 fully saturated rings. The summed E-state index contributed by atoms with van der Waals surface area (Å²) in [6.07, 6.45) is 6.07. The lowest BCUT2D eigenvalue weighted by molar-refractivity contribution is -0.126. The highest BCUT2D eigenvalue weighted by Gasteiger charge is 2.17. The maximum Gasteiger partial charge on any atom is 0.237 e. The smallest absolute Gasteiger partial charge is 0.237 e. The summed E-state index contributed by atoms with van der Waals surface area (Å²) < 4.78 is 0. The Morgan fingerprint density at radius 2 is 1.88 bits per heavy atom. The van der Waals surface area contributed by atoms with E-state index in [0.717, 1.165) is 12.3 Å². The summed E-state index contributed by atoms with van der Waals surface area (Å²) >= 11 is 0. The second-order valence-electron chi connectivity index (χ2n) is 4.51. The Morgan fingerprint density at radius 1 is 1.29 bits per heavy atom. The van der Waals surface area contributed by atoms with Crippen LogP contribution in [-0.4, -0.2) is 24.4 Å². The average Bonchev–Trinajstić information content (AvgIpc) is 2.69. The standard InChI is InChI=1S/C11H21N3O2.ClH/c12-9(7-10(13)15)11(16)14-6-5-8-3-1-2-4-8;/h8-9H,1-7,12H2,(H2,13,15)(H,14,16);1H. The maximum absolute atomic E-state index is 11.4. The van der Waals surface area contributed by atoms with E-state index in [-0.39, 0.29) is 24.7 Å². The minimum atomic E-state index is -0.805. The van der Waals surface area contributed by atoms with E-state index in [0.29, 0.717) is 6.54 Å². The highest BCUT2D eigenvalue weighted by molar-refractivity contribution is 5.87. The zero-order valence-corrected chi connectivity index (χ0v) is 10.8. The Kier molecular flexibility index (Phi) is 7.91. The number of carbonyl (C=O) groups excluding carboxylic acids is 2. The monoisotopic (exact) mass is 263 g/mol. The van der Waals surface area contributed by atoms with Crippen LogP contribution in [0.5, 0.6) is 0 Å². The zero-order chi connectivity index (χ0) is 12.0. The van der Waals surface area contributed by atoms with Crippen molar-refractivity contribution < 1.29 is 9.59 Å². The molecule has 1 unspecified atom stereocenters. The van der Waals surface area contributed by atoms with Gasteiger partial charge in [-0.2, -0.15) is 0 Å². The fourth-order valence-corrected chi connectivity index (χ4v) is 2.14. The van der Waals surface area contributed by atoms with Crippen LogP contribution >= 0.6 is 12.4 Å². The summed E-state index contributed by atoms with van der Waals surface area (Å²) in [5.74, 6) is -0.0806. The lowest BCUT2D eigenvalue weighted by Gasteiger charge is -2.12. The molecule has 17 heavy (non-hydrogen) atoms. The molecule has 0 spiro atoms. The largest absolute Gasteiger partial charge is 0.370 e. The van der Waals surface area contributed by atoms with Gasteiger partial charge in [-0.05, 0) is 12.3 Å². The lowest BCUT2D eigenvalue weighted by Crippen LogP contribution is -2.43. The normalized spacial score (nSPS) is 17.2. The minimum Gasteiger partial charge on any atom is -0.370 e. The number of halogens is 1. The van der Waals surface area contributed by atoms with Crippen molar-refractivity contribution in [3.05, 3.63) is 0 Å². The quantitative estimate of drug-likeness (QED) is 0.643. The molecular weight excluding hydrogens is 242 g/mol. The molecule has 1 atom stereocenters. The van der Waals surface area contributed by atoms with Crippen molar-refractivity contribution >= 4 is 24.2 Å². The molecule has 1 aliphatic rings. The van der Waals surface area contributed by atoms with E-state index in [1.54, 1.807) is 0 Å². The first-order valence-corrected chi connectivity index (χ1v) is 5.91. The van der Waals surface area contributed by atoms with Gasteiger partial charge in [0.25, 0.3) is 0 Å². The fraction of sp³-hybridized carbons (Fsp3) is 0.818. The van der Waals surface area contributed by atoms with Gasteiger partial charge in [-0.1, -0.05) is 25.7 Å². The third-order valence-electron chi connectivity index (χ3n) is 3.08. The molecule has 0 aromatic carbocycles. The molecular formula is C11H22ClN3O2. The van der Waals surface area contributed by atoms with Crippen molar-refractivity contribution in [3.63, 3.8) is 0 Å². The van der Waals surface area contributed by atoms with Gasteiger partial charge in [0.2, 0.25) is 11.8 Å². The van der Waals surface area contributed by atoms with Crippen LogP contribution < -0.4 is 16.8 Å². The number of hydrogen-bond donors (Lipinski definition) is 3. The van der Waals surface area contributed by atoms with Gasteiger partial charge in [0, 0.05) is 6.54 Å². The van der Waals surface area contributed by atoms with Crippen LogP contribution in [0.25, 0.3) is 0 Å². The van der Waals surface area contributed by atoms with Gasteiger partial charge in [-0.25, -0.2) is 0 Å². The van der Waals surface area contributed by atoms with Gasteiger partial charge in [0.15, 0.2) is 0 Å². The molecule has 2 amide bonds. The molecule has 0 saturated heterocycles. The van der Waals surface area contributed by atoms with Crippen LogP contribution in [0, 0.1) is 5.92 Å². The van der Waals surface area contributed by atoms with Crippen LogP contribution in [0.4, 0.5) is 0 Å². The molecule has 5 nitrogen and oxygen atoms in total. The first kappa shape index (κ1) is 16.2. The number of amides is 2. The lowest BCUT2D eigenvalue weighted by atomic mass is 10.0. The predicted octanol–water partition coefficient (Wildman–Crippen LogP) is 0.307. The van der Waals surface area contributed by atoms with Crippen LogP contribution in [-0.2, 0) is 9.59 Å². The Morgan fingerprint density at radius 3 is 2.41 bits per heavy atom. The Hall–Kier alpha value is -0.810. The van der Waals surface area contributed by atoms with E-state index in [1.165, 1.54) is 25.7 Å². The summed E-state index contributed by atoms with van der Waals surface area (Å²) in [5, 5.41) is 2.74. The Labute approximate surface area is 108 Å². The summed E-state index contributed by atoms with van der Waals surface area (Å²) in [5.41, 5.74) is 10.5. The molecule has 0 aromatic heterocycles. The van der Waals surface area contributed by atoms with E-state index >= 15 is 0 Å². The van der Waals surface area contributed by atoms with E-state index in [4.69, 9.17) is 11.5 Å². The topological polar surface area (TPSA) is 98.2 Å². The minimum absolute atomic E-state index is 0. The molecule has 1 saturated carbocycles. The van der Waals surface area contributed by atoms with Gasteiger partial charge >= 0.3 is 0 Å². The van der Waals surface area contributed by atoms with E-state index in [1.807, 2.05) is 0 Å². The molecule has 5 N–H and O–H groups in total. The van der Waals surface area contributed by atoms with Gasteiger partial charge < -0.3 is 16.8 Å². The summed E-state index contributed by atoms with van der Waals surface area (Å²) in [6, 6.07) is -0.805. The number of primary amides is 1. The molecule has 0 heterocycles. The number of rotatable bonds is 6. The molecule has 0 bridgehead atoms. The highest BCUT2D eigenvalue weighted by Crippen LogP contribution is 2.26. The van der Waals surface area contributed by atoms with E-state index < -0.39 is 11.9 Å². The van der Waals surface area contributed by atoms with Crippen LogP contribution in [0.3, 0.4) is 0 Å². The Bertz CT molecular complexity index is 255. The first-order chi connectivity index (χ1) is 7.59. The number of nitrogens with one attached hydrogen (secondary N) is 1. The van der Waals surface area contributed by atoms with Crippen LogP contribution in [0.1, 0.15) is 38.5 Å². The second-order valence-corrected chi connectivity index (χ2v) is 4.51. The van der Waals surface area contributed by atoms with Crippen molar-refractivity contribution in [2.75, 3.05) is 6.54 Å². The van der Waals surface area contributed by atoms with Gasteiger partial charge in [-0.3, -0.25) is 9.59 Å². The van der Waals surface area contributed by atoms with Crippen LogP contribution in [0.15, 0.2) is 0 Å². The summed E-state index contributed by atoms with van der Waals surface area (Å²) in [4.78, 5) is 22.0. The predicted molar refractivity (Wildman–Crippen MR) is 68.6 cm³/mol. The van der Waals surface area contributed by atoms with Crippen molar-refractivity contribution in [2.45, 2.75) is 44.6 Å². The van der Waals surface area contributed by atoms with Gasteiger partial charge in [-0.15, -0.1) is 12.4 Å². The van der Waals surface area contributed by atoms with Crippen LogP contribution in [0.2, 0.25) is 0 Å². The molecule has 1 aliphatic carbocycles. The maximum atomic E-state index is 11.4. The molecule has 100 valence electrons. The van der Waals surface area contributed by atoms with Crippen molar-refractivity contribution in [1.29, 1.82) is 0 Å². The molecule has 0 aliphatic heterocycles. The van der Waals surface area contributed by atoms with Crippen molar-refractivity contribution in [3.8, 4) is 0 Å². The van der Waals surface area contributed by atoms with E-state index in [9.17, 15) is 9.59 Å². The first-order valence-electron chi connectivity index (χ1n) is 5.91. The average molecular weight is 264 g/mol. The molecule has 0 radical (unpaired) electrons. The summed E-state index contributed by atoms with van der Waals surface area (Å²) in [7, 11) is 0. The van der Waals surface area contributed by atoms with Crippen molar-refractivity contribution in [2.24, 2.45) is 17.4 Å². The van der Waals surface area contributed by atoms with Gasteiger partial charge in [0.1, 0.15) is 0 Å². The number of nitrogens with two attached hydrogens (primary N) is 2. The third kappa shape index (κ3) is 6.48. The summed E-state index contributed by atoms with van der Waals surface area (Å²) in [6.45, 7) is 0.649. The molecule has 6 heteroatoms. The number of hydrogen-bond acceptors (Lipinski definition) is 3. The third-order valence-corrected chi connectivity index (χ3v) is 3.08. The van der Waals surface area contributed by atoms with Gasteiger partial charge in [0.05, 0.1) is 12.5 Å². The zero-order valence-electron chi connectivity index (χ0n) is 9.98. The number of carbonyl (C=O) groups is 2. The highest BCUT2D eigenvalue weighted by atomic mass is 35.5. The fourth-order valence-electron chi connectivity index (χ4n) is 2.14. The SMILES string of the molecule is Cl.NC(=O)CC(N)C(=O)NCCC1CCCC1. The second kappa shape index (κ2) is 8.31. The Balaban J connectivity index is 0.00000256. The van der Waals surface area contributed by atoms with E-state index in [2.05, 4.69) is 5.32 Å². The van der Waals surface area contributed by atoms with Crippen molar-refractivity contribution in [1.82, 2.24) is 5.32 Å². The molecule has 0 aromatic rings.